The summed E-state index contributed by atoms with van der Waals surface area (Å²) in [6.07, 6.45) is 7.40. The second-order valence-corrected chi connectivity index (χ2v) is 9.97. The van der Waals surface area contributed by atoms with E-state index >= 15 is 0 Å². The van der Waals surface area contributed by atoms with Crippen molar-refractivity contribution in [1.29, 1.82) is 0 Å². The summed E-state index contributed by atoms with van der Waals surface area (Å²) in [6.45, 7) is 0.661. The summed E-state index contributed by atoms with van der Waals surface area (Å²) in [6, 6.07) is 6.73. The van der Waals surface area contributed by atoms with Gasteiger partial charge in [0, 0.05) is 36.7 Å². The number of esters is 1. The number of aromatic nitrogens is 1. The lowest BCUT2D eigenvalue weighted by atomic mass is 9.80. The zero-order chi connectivity index (χ0) is 26.0. The van der Waals surface area contributed by atoms with Gasteiger partial charge < -0.3 is 24.6 Å². The minimum Gasteiger partial charge on any atom is -0.481 e. The lowest BCUT2D eigenvalue weighted by Crippen LogP contribution is -2.45. The molecule has 1 fully saturated rings. The van der Waals surface area contributed by atoms with E-state index in [9.17, 15) is 19.5 Å². The first-order valence-electron chi connectivity index (χ1n) is 12.5. The summed E-state index contributed by atoms with van der Waals surface area (Å²) in [5.41, 5.74) is 5.11. The van der Waals surface area contributed by atoms with Crippen molar-refractivity contribution in [3.63, 3.8) is 0 Å². The molecule has 194 valence electrons. The van der Waals surface area contributed by atoms with E-state index in [1.54, 1.807) is 0 Å². The lowest BCUT2D eigenvalue weighted by molar-refractivity contribution is -0.161. The number of aryl methyl sites for hydroxylation is 1. The number of hydrogen-bond acceptors (Lipinski definition) is 6. The van der Waals surface area contributed by atoms with Gasteiger partial charge in [0.2, 0.25) is 0 Å². The number of likely N-dealkylation sites (N-methyl/N-ethyl adjacent to an activating group) is 1. The Hall–Kier alpha value is -3.17. The molecule has 9 heteroatoms. The number of fused-ring (bicyclic) bond motifs is 2. The normalized spacial score (nSPS) is 25.2. The summed E-state index contributed by atoms with van der Waals surface area (Å²) in [5, 5.41) is 27.3. The number of benzene rings is 1. The fraction of sp³-hybridized carbons (Fsp3) is 0.519. The van der Waals surface area contributed by atoms with Crippen LogP contribution in [0.5, 0.6) is 0 Å². The van der Waals surface area contributed by atoms with E-state index in [0.29, 0.717) is 12.6 Å². The predicted molar refractivity (Wildman–Crippen MR) is 133 cm³/mol. The number of nitrogens with zero attached hydrogens (tertiary/aromatic N) is 2. The topological polar surface area (TPSA) is 129 Å². The number of carbonyl (C=O) groups excluding carboxylic acids is 1. The lowest BCUT2D eigenvalue weighted by Gasteiger charge is -2.39. The van der Waals surface area contributed by atoms with E-state index in [0.717, 1.165) is 32.1 Å². The van der Waals surface area contributed by atoms with Crippen molar-refractivity contribution in [2.75, 3.05) is 13.6 Å². The quantitative estimate of drug-likeness (QED) is 0.537. The van der Waals surface area contributed by atoms with Crippen LogP contribution in [0.25, 0.3) is 16.5 Å². The number of aliphatic hydroxyl groups excluding tert-OH is 1. The highest BCUT2D eigenvalue weighted by Crippen LogP contribution is 2.41. The first-order valence-corrected chi connectivity index (χ1v) is 12.5. The molecule has 4 atom stereocenters. The molecular weight excluding hydrogens is 464 g/mol. The molecule has 2 heterocycles. The first kappa shape index (κ1) is 25.9. The molecule has 0 saturated heterocycles. The predicted octanol–water partition coefficient (Wildman–Crippen LogP) is 2.83. The van der Waals surface area contributed by atoms with Crippen molar-refractivity contribution in [1.82, 2.24) is 9.47 Å². The Morgan fingerprint density at radius 3 is 2.42 bits per heavy atom. The number of hydrogen-bond donors (Lipinski definition) is 3. The molecule has 1 saturated carbocycles. The molecular formula is C27H34N2O7. The minimum atomic E-state index is -1.08. The standard InChI is InChI=1S/C23H28N2O3.C4H6O4/c1-24-12-14-11-19-17(16-6-5-7-18(24)22(14)16)10-15(13-25(19)2)23(27)28-21-9-4-3-8-20(21)26;5-3(6)1-2-4(7)8/h5-7,10,12,15,19-21,26H,3-4,8-9,11,13H2,1-2H3;1-2H2,(H,5,6)(H,7,8)/t15-,19-,20?,21?;/m1./s1. The molecule has 1 aromatic heterocycles. The molecule has 3 N–H and O–H groups in total. The third kappa shape index (κ3) is 5.47. The number of ether oxygens (including phenoxy) is 1. The van der Waals surface area contributed by atoms with Gasteiger partial charge in [0.15, 0.2) is 0 Å². The Bertz CT molecular complexity index is 1170. The average Bonchev–Trinajstić information content (AvgIpc) is 3.16. The van der Waals surface area contributed by atoms with Crippen molar-refractivity contribution in [2.45, 2.75) is 63.2 Å². The van der Waals surface area contributed by atoms with Gasteiger partial charge >= 0.3 is 17.9 Å². The maximum absolute atomic E-state index is 12.9. The smallest absolute Gasteiger partial charge is 0.314 e. The molecule has 1 aliphatic heterocycles. The molecule has 0 amide bonds. The van der Waals surface area contributed by atoms with Gasteiger partial charge in [-0.05, 0) is 55.5 Å². The second kappa shape index (κ2) is 10.8. The van der Waals surface area contributed by atoms with Crippen LogP contribution in [0.3, 0.4) is 0 Å². The molecule has 9 nitrogen and oxygen atoms in total. The fourth-order valence-electron chi connectivity index (χ4n) is 5.54. The van der Waals surface area contributed by atoms with Crippen molar-refractivity contribution in [2.24, 2.45) is 13.0 Å². The molecule has 36 heavy (non-hydrogen) atoms. The maximum Gasteiger partial charge on any atom is 0.314 e. The molecule has 1 aromatic carbocycles. The van der Waals surface area contributed by atoms with E-state index in [1.165, 1.54) is 27.6 Å². The third-order valence-electron chi connectivity index (χ3n) is 7.36. The Labute approximate surface area is 210 Å². The number of rotatable bonds is 5. The van der Waals surface area contributed by atoms with E-state index in [-0.39, 0.29) is 30.8 Å². The first-order chi connectivity index (χ1) is 17.2. The van der Waals surface area contributed by atoms with Gasteiger partial charge in [0.05, 0.1) is 24.9 Å². The van der Waals surface area contributed by atoms with E-state index in [2.05, 4.69) is 54.0 Å². The van der Waals surface area contributed by atoms with Crippen LogP contribution < -0.4 is 0 Å². The monoisotopic (exact) mass is 498 g/mol. The Kier molecular flexibility index (Phi) is 7.80. The van der Waals surface area contributed by atoms with Gasteiger partial charge in [-0.2, -0.15) is 0 Å². The SMILES string of the molecule is CN1C[C@H](C(=O)OC2CCCCC2O)C=C2c3cccc4c3c(cn4C)C[C@H]21.O=C(O)CCC(=O)O. The van der Waals surface area contributed by atoms with Crippen molar-refractivity contribution in [3.05, 3.63) is 41.6 Å². The van der Waals surface area contributed by atoms with Gasteiger partial charge in [0.25, 0.3) is 0 Å². The van der Waals surface area contributed by atoms with Crippen LogP contribution in [0.2, 0.25) is 0 Å². The van der Waals surface area contributed by atoms with Crippen molar-refractivity contribution in [3.8, 4) is 0 Å². The van der Waals surface area contributed by atoms with Crippen LogP contribution in [0.4, 0.5) is 0 Å². The second-order valence-electron chi connectivity index (χ2n) is 9.97. The van der Waals surface area contributed by atoms with Gasteiger partial charge in [0.1, 0.15) is 6.10 Å². The summed E-state index contributed by atoms with van der Waals surface area (Å²) < 4.78 is 7.95. The number of carboxylic acid groups (broad SMARTS) is 2. The Morgan fingerprint density at radius 2 is 1.75 bits per heavy atom. The van der Waals surface area contributed by atoms with Crippen molar-refractivity contribution < 1.29 is 34.4 Å². The van der Waals surface area contributed by atoms with E-state index in [4.69, 9.17) is 14.9 Å². The summed E-state index contributed by atoms with van der Waals surface area (Å²) in [4.78, 5) is 34.5. The summed E-state index contributed by atoms with van der Waals surface area (Å²) >= 11 is 0. The number of carboxylic acids is 2. The van der Waals surface area contributed by atoms with Gasteiger partial charge in [-0.1, -0.05) is 24.6 Å². The van der Waals surface area contributed by atoms with Gasteiger partial charge in [-0.15, -0.1) is 0 Å². The zero-order valence-corrected chi connectivity index (χ0v) is 20.7. The summed E-state index contributed by atoms with van der Waals surface area (Å²) in [7, 11) is 4.19. The Morgan fingerprint density at radius 1 is 1.06 bits per heavy atom. The van der Waals surface area contributed by atoms with E-state index < -0.39 is 18.0 Å². The highest BCUT2D eigenvalue weighted by atomic mass is 16.6. The largest absolute Gasteiger partial charge is 0.481 e. The zero-order valence-electron chi connectivity index (χ0n) is 20.7. The van der Waals surface area contributed by atoms with Crippen LogP contribution in [0.1, 0.15) is 49.7 Å². The highest BCUT2D eigenvalue weighted by molar-refractivity contribution is 5.99. The fourth-order valence-corrected chi connectivity index (χ4v) is 5.54. The number of aliphatic hydroxyl groups is 1. The number of aliphatic carboxylic acids is 2. The van der Waals surface area contributed by atoms with Crippen LogP contribution in [0.15, 0.2) is 30.5 Å². The molecule has 3 aliphatic rings. The third-order valence-corrected chi connectivity index (χ3v) is 7.36. The number of carbonyl (C=O) groups is 3. The van der Waals surface area contributed by atoms with Crippen LogP contribution in [0, 0.1) is 5.92 Å². The average molecular weight is 499 g/mol. The molecule has 2 aliphatic carbocycles. The molecule has 0 bridgehead atoms. The molecule has 0 spiro atoms. The highest BCUT2D eigenvalue weighted by Gasteiger charge is 2.37. The molecule has 2 unspecified atom stereocenters. The van der Waals surface area contributed by atoms with Crippen molar-refractivity contribution >= 4 is 34.4 Å². The van der Waals surface area contributed by atoms with Gasteiger partial charge in [-0.25, -0.2) is 0 Å². The summed E-state index contributed by atoms with van der Waals surface area (Å²) in [5.74, 6) is -2.64. The molecule has 0 radical (unpaired) electrons. The Balaban J connectivity index is 0.000000331. The molecule has 5 rings (SSSR count). The maximum atomic E-state index is 12.9. The van der Waals surface area contributed by atoms with Crippen LogP contribution in [-0.2, 0) is 32.6 Å². The van der Waals surface area contributed by atoms with E-state index in [1.807, 2.05) is 0 Å². The van der Waals surface area contributed by atoms with Gasteiger partial charge in [-0.3, -0.25) is 19.3 Å². The van der Waals surface area contributed by atoms with Crippen LogP contribution in [-0.4, -0.2) is 74.5 Å². The minimum absolute atomic E-state index is 0.199. The molecule has 2 aromatic rings. The van der Waals surface area contributed by atoms with Crippen LogP contribution >= 0.6 is 0 Å².